The number of carbonyl (C=O) groups is 1. The molecule has 3 nitrogen and oxygen atoms in total. The number of carbonyl (C=O) groups excluding carboxylic acids is 1. The van der Waals surface area contributed by atoms with Crippen molar-refractivity contribution >= 4 is 12.0 Å². The van der Waals surface area contributed by atoms with E-state index in [1.807, 2.05) is 30.3 Å². The molecule has 0 amide bonds. The van der Waals surface area contributed by atoms with Crippen molar-refractivity contribution in [3.63, 3.8) is 0 Å². The molecule has 0 aliphatic heterocycles. The van der Waals surface area contributed by atoms with Gasteiger partial charge in [-0.3, -0.25) is 4.79 Å². The van der Waals surface area contributed by atoms with Crippen molar-refractivity contribution in [1.29, 1.82) is 0 Å². The van der Waals surface area contributed by atoms with Gasteiger partial charge in [0.2, 0.25) is 0 Å². The lowest BCUT2D eigenvalue weighted by Crippen LogP contribution is -2.05. The zero-order chi connectivity index (χ0) is 24.5. The van der Waals surface area contributed by atoms with Gasteiger partial charge in [-0.05, 0) is 37.0 Å². The highest BCUT2D eigenvalue weighted by Crippen LogP contribution is 2.15. The molecule has 0 N–H and O–H groups in total. The summed E-state index contributed by atoms with van der Waals surface area (Å²) in [7, 11) is 0. The highest BCUT2D eigenvalue weighted by Gasteiger charge is 2.02. The predicted molar refractivity (Wildman–Crippen MR) is 146 cm³/mol. The van der Waals surface area contributed by atoms with Gasteiger partial charge in [0, 0.05) is 6.42 Å². The Morgan fingerprint density at radius 1 is 0.676 bits per heavy atom. The van der Waals surface area contributed by atoms with Crippen molar-refractivity contribution in [3.8, 4) is 5.75 Å². The smallest absolute Gasteiger partial charge is 0.305 e. The lowest BCUT2D eigenvalue weighted by Gasteiger charge is -2.07. The van der Waals surface area contributed by atoms with Crippen LogP contribution in [0, 0.1) is 0 Å². The SMILES string of the molecule is C=Cc1ccc(OCCCCCCCCCCC(=O)OCCCCCCCCCCCC)cc1. The van der Waals surface area contributed by atoms with Gasteiger partial charge in [-0.1, -0.05) is 128 Å². The van der Waals surface area contributed by atoms with E-state index in [0.717, 1.165) is 43.6 Å². The molecular weight excluding hydrogens is 420 g/mol. The van der Waals surface area contributed by atoms with Crippen LogP contribution in [0.5, 0.6) is 5.75 Å². The Bertz CT molecular complexity index is 593. The lowest BCUT2D eigenvalue weighted by molar-refractivity contribution is -0.143. The summed E-state index contributed by atoms with van der Waals surface area (Å²) in [5, 5.41) is 0. The number of benzene rings is 1. The van der Waals surface area contributed by atoms with Gasteiger partial charge in [-0.25, -0.2) is 0 Å². The van der Waals surface area contributed by atoms with Crippen molar-refractivity contribution < 1.29 is 14.3 Å². The van der Waals surface area contributed by atoms with E-state index in [1.54, 1.807) is 0 Å². The van der Waals surface area contributed by atoms with Crippen LogP contribution in [0.2, 0.25) is 0 Å². The second-order valence-corrected chi connectivity index (χ2v) is 9.60. The summed E-state index contributed by atoms with van der Waals surface area (Å²) in [4.78, 5) is 11.8. The average molecular weight is 473 g/mol. The molecule has 0 saturated heterocycles. The van der Waals surface area contributed by atoms with Crippen LogP contribution in [0.1, 0.15) is 134 Å². The second-order valence-electron chi connectivity index (χ2n) is 9.60. The lowest BCUT2D eigenvalue weighted by atomic mass is 10.1. The first-order valence-electron chi connectivity index (χ1n) is 14.3. The van der Waals surface area contributed by atoms with Gasteiger partial charge >= 0.3 is 5.97 Å². The summed E-state index contributed by atoms with van der Waals surface area (Å²) in [6.45, 7) is 7.43. The number of ether oxygens (including phenoxy) is 2. The van der Waals surface area contributed by atoms with Gasteiger partial charge in [-0.15, -0.1) is 0 Å². The molecule has 0 atom stereocenters. The number of rotatable bonds is 24. The molecule has 1 rings (SSSR count). The normalized spacial score (nSPS) is 10.9. The summed E-state index contributed by atoms with van der Waals surface area (Å²) in [5.41, 5.74) is 1.12. The molecule has 0 bridgehead atoms. The molecule has 194 valence electrons. The van der Waals surface area contributed by atoms with Gasteiger partial charge in [0.05, 0.1) is 13.2 Å². The van der Waals surface area contributed by atoms with Crippen LogP contribution in [0.4, 0.5) is 0 Å². The van der Waals surface area contributed by atoms with Crippen molar-refractivity contribution in [1.82, 2.24) is 0 Å². The molecule has 3 heteroatoms. The molecule has 0 aliphatic rings. The van der Waals surface area contributed by atoms with Gasteiger partial charge in [-0.2, -0.15) is 0 Å². The van der Waals surface area contributed by atoms with Crippen LogP contribution in [0.15, 0.2) is 30.8 Å². The maximum Gasteiger partial charge on any atom is 0.305 e. The molecule has 0 radical (unpaired) electrons. The maximum absolute atomic E-state index is 11.8. The monoisotopic (exact) mass is 472 g/mol. The Morgan fingerprint density at radius 2 is 1.15 bits per heavy atom. The zero-order valence-corrected chi connectivity index (χ0v) is 22.2. The molecule has 0 aromatic heterocycles. The third-order valence-electron chi connectivity index (χ3n) is 6.42. The molecule has 1 aromatic rings. The molecule has 0 fully saturated rings. The van der Waals surface area contributed by atoms with Crippen LogP contribution >= 0.6 is 0 Å². The third-order valence-corrected chi connectivity index (χ3v) is 6.42. The van der Waals surface area contributed by atoms with Crippen molar-refractivity contribution in [2.75, 3.05) is 13.2 Å². The number of esters is 1. The Balaban J connectivity index is 1.77. The first kappa shape index (κ1) is 30.3. The predicted octanol–water partition coefficient (Wildman–Crippen LogP) is 9.68. The van der Waals surface area contributed by atoms with Gasteiger partial charge < -0.3 is 9.47 Å². The fraction of sp³-hybridized carbons (Fsp3) is 0.710. The van der Waals surface area contributed by atoms with Crippen LogP contribution < -0.4 is 4.74 Å². The molecule has 0 spiro atoms. The third kappa shape index (κ3) is 18.6. The van der Waals surface area contributed by atoms with E-state index in [9.17, 15) is 4.79 Å². The van der Waals surface area contributed by atoms with E-state index < -0.39 is 0 Å². The van der Waals surface area contributed by atoms with E-state index >= 15 is 0 Å². The number of hydrogen-bond acceptors (Lipinski definition) is 3. The average Bonchev–Trinajstić information content (AvgIpc) is 2.86. The highest BCUT2D eigenvalue weighted by molar-refractivity contribution is 5.69. The van der Waals surface area contributed by atoms with Crippen molar-refractivity contribution in [2.45, 2.75) is 129 Å². The minimum atomic E-state index is -0.00458. The molecule has 0 saturated carbocycles. The van der Waals surface area contributed by atoms with Crippen LogP contribution in [-0.2, 0) is 9.53 Å². The molecule has 34 heavy (non-hydrogen) atoms. The van der Waals surface area contributed by atoms with E-state index in [1.165, 1.54) is 89.9 Å². The minimum absolute atomic E-state index is 0.00458. The summed E-state index contributed by atoms with van der Waals surface area (Å²) < 4.78 is 11.2. The van der Waals surface area contributed by atoms with Gasteiger partial charge in [0.25, 0.3) is 0 Å². The number of hydrogen-bond donors (Lipinski definition) is 0. The molecular formula is C31H52O3. The van der Waals surface area contributed by atoms with Crippen LogP contribution in [0.3, 0.4) is 0 Å². The topological polar surface area (TPSA) is 35.5 Å². The molecule has 1 aromatic carbocycles. The van der Waals surface area contributed by atoms with Gasteiger partial charge in [0.1, 0.15) is 5.75 Å². The van der Waals surface area contributed by atoms with Crippen molar-refractivity contribution in [3.05, 3.63) is 36.4 Å². The second kappa shape index (κ2) is 23.0. The van der Waals surface area contributed by atoms with E-state index in [2.05, 4.69) is 13.5 Å². The first-order valence-corrected chi connectivity index (χ1v) is 14.3. The standard InChI is InChI=1S/C31H52O3/c1-3-5-6-7-8-9-11-15-18-21-28-34-31(32)22-19-16-13-10-12-14-17-20-27-33-30-25-23-29(4-2)24-26-30/h4,23-26H,2-3,5-22,27-28H2,1H3. The summed E-state index contributed by atoms with van der Waals surface area (Å²) in [6.07, 6.45) is 25.0. The summed E-state index contributed by atoms with van der Waals surface area (Å²) >= 11 is 0. The largest absolute Gasteiger partial charge is 0.494 e. The Labute approximate surface area is 210 Å². The highest BCUT2D eigenvalue weighted by atomic mass is 16.5. The van der Waals surface area contributed by atoms with E-state index in [-0.39, 0.29) is 5.97 Å². The zero-order valence-electron chi connectivity index (χ0n) is 22.2. The number of unbranched alkanes of at least 4 members (excludes halogenated alkanes) is 16. The molecule has 0 unspecified atom stereocenters. The Kier molecular flexibility index (Phi) is 20.5. The quantitative estimate of drug-likeness (QED) is 0.111. The fourth-order valence-corrected chi connectivity index (χ4v) is 4.17. The molecule has 0 heterocycles. The van der Waals surface area contributed by atoms with E-state index in [4.69, 9.17) is 9.47 Å². The minimum Gasteiger partial charge on any atom is -0.494 e. The summed E-state index contributed by atoms with van der Waals surface area (Å²) in [6, 6.07) is 8.07. The Hall–Kier alpha value is -1.77. The van der Waals surface area contributed by atoms with Crippen LogP contribution in [-0.4, -0.2) is 19.2 Å². The van der Waals surface area contributed by atoms with Crippen LogP contribution in [0.25, 0.3) is 6.08 Å². The maximum atomic E-state index is 11.8. The first-order chi connectivity index (χ1) is 16.8. The van der Waals surface area contributed by atoms with Crippen molar-refractivity contribution in [2.24, 2.45) is 0 Å². The Morgan fingerprint density at radius 3 is 1.68 bits per heavy atom. The molecule has 0 aliphatic carbocycles. The fourth-order valence-electron chi connectivity index (χ4n) is 4.17. The van der Waals surface area contributed by atoms with E-state index in [0.29, 0.717) is 13.0 Å². The van der Waals surface area contributed by atoms with Gasteiger partial charge in [0.15, 0.2) is 0 Å². The summed E-state index contributed by atoms with van der Waals surface area (Å²) in [5.74, 6) is 0.933.